The molecule has 0 amide bonds. The molecule has 4 aromatic rings. The monoisotopic (exact) mass is 485 g/mol. The number of carboxylic acid groups (broad SMARTS) is 1. The Kier molecular flexibility index (Phi) is 6.08. The summed E-state index contributed by atoms with van der Waals surface area (Å²) in [4.78, 5) is 18.8. The first-order chi connectivity index (χ1) is 17.6. The van der Waals surface area contributed by atoms with Gasteiger partial charge >= 0.3 is 5.97 Å². The minimum Gasteiger partial charge on any atom is -0.487 e. The Labute approximate surface area is 208 Å². The van der Waals surface area contributed by atoms with E-state index in [1.54, 1.807) is 24.4 Å². The van der Waals surface area contributed by atoms with Crippen molar-refractivity contribution in [3.63, 3.8) is 0 Å². The van der Waals surface area contributed by atoms with Crippen molar-refractivity contribution in [1.82, 2.24) is 24.6 Å². The van der Waals surface area contributed by atoms with Gasteiger partial charge in [-0.15, -0.1) is 0 Å². The lowest BCUT2D eigenvalue weighted by molar-refractivity contribution is -0.0592. The highest BCUT2D eigenvalue weighted by molar-refractivity contribution is 5.92. The number of ether oxygens (including phenoxy) is 2. The normalized spacial score (nSPS) is 17.5. The Morgan fingerprint density at radius 1 is 1.17 bits per heavy atom. The molecular weight excluding hydrogens is 458 g/mol. The number of carbonyl (C=O) groups is 1. The number of carboxylic acids is 1. The first-order valence-electron chi connectivity index (χ1n) is 12.2. The van der Waals surface area contributed by atoms with Gasteiger partial charge in [0, 0.05) is 25.9 Å². The van der Waals surface area contributed by atoms with Crippen LogP contribution in [0.5, 0.6) is 5.75 Å². The Morgan fingerprint density at radius 2 is 2.08 bits per heavy atom. The molecule has 0 saturated carbocycles. The molecule has 1 fully saturated rings. The lowest BCUT2D eigenvalue weighted by Crippen LogP contribution is -2.34. The Morgan fingerprint density at radius 3 is 2.86 bits per heavy atom. The van der Waals surface area contributed by atoms with Crippen LogP contribution in [-0.2, 0) is 37.4 Å². The highest BCUT2D eigenvalue weighted by atomic mass is 16.5. The minimum atomic E-state index is -0.934. The third kappa shape index (κ3) is 4.67. The molecule has 36 heavy (non-hydrogen) atoms. The first-order valence-corrected chi connectivity index (χ1v) is 12.2. The molecule has 0 spiro atoms. The molecule has 2 aromatic heterocycles. The van der Waals surface area contributed by atoms with Crippen LogP contribution in [0.2, 0.25) is 0 Å². The summed E-state index contributed by atoms with van der Waals surface area (Å²) in [5.41, 5.74) is 5.29. The van der Waals surface area contributed by atoms with E-state index in [4.69, 9.17) is 14.5 Å². The van der Waals surface area contributed by atoms with Crippen LogP contribution in [0.1, 0.15) is 39.4 Å². The number of benzene rings is 2. The van der Waals surface area contributed by atoms with Gasteiger partial charge in [0.15, 0.2) is 0 Å². The molecule has 2 aliphatic heterocycles. The van der Waals surface area contributed by atoms with Crippen molar-refractivity contribution in [3.8, 4) is 5.75 Å². The second-order valence-corrected chi connectivity index (χ2v) is 9.32. The maximum Gasteiger partial charge on any atom is 0.335 e. The van der Waals surface area contributed by atoms with Crippen LogP contribution in [0, 0.1) is 0 Å². The number of imidazole rings is 1. The Bertz CT molecular complexity index is 1400. The zero-order valence-electron chi connectivity index (χ0n) is 19.8. The minimum absolute atomic E-state index is 0.144. The van der Waals surface area contributed by atoms with Crippen molar-refractivity contribution < 1.29 is 19.4 Å². The van der Waals surface area contributed by atoms with E-state index in [2.05, 4.69) is 31.8 Å². The van der Waals surface area contributed by atoms with Crippen LogP contribution >= 0.6 is 0 Å². The van der Waals surface area contributed by atoms with Crippen molar-refractivity contribution in [2.75, 3.05) is 13.2 Å². The van der Waals surface area contributed by atoms with Crippen LogP contribution < -0.4 is 4.74 Å². The fourth-order valence-corrected chi connectivity index (χ4v) is 4.85. The van der Waals surface area contributed by atoms with Crippen LogP contribution in [0.3, 0.4) is 0 Å². The van der Waals surface area contributed by atoms with Crippen LogP contribution in [-0.4, -0.2) is 55.0 Å². The third-order valence-electron chi connectivity index (χ3n) is 6.90. The van der Waals surface area contributed by atoms with Crippen LogP contribution in [0.15, 0.2) is 54.7 Å². The summed E-state index contributed by atoms with van der Waals surface area (Å²) in [6.07, 6.45) is 3.75. The average Bonchev–Trinajstić information content (AvgIpc) is 3.21. The molecular formula is C27H27N5O4. The molecule has 1 atom stereocenters. The average molecular weight is 486 g/mol. The highest BCUT2D eigenvalue weighted by Gasteiger charge is 2.24. The molecule has 9 heteroatoms. The molecule has 0 radical (unpaired) electrons. The lowest BCUT2D eigenvalue weighted by atomic mass is 9.99. The molecule has 0 unspecified atom stereocenters. The first kappa shape index (κ1) is 22.6. The number of aromatic nitrogens is 4. The van der Waals surface area contributed by atoms with E-state index in [-0.39, 0.29) is 11.7 Å². The van der Waals surface area contributed by atoms with Gasteiger partial charge in [-0.05, 0) is 66.4 Å². The summed E-state index contributed by atoms with van der Waals surface area (Å²) < 4.78 is 13.8. The predicted octanol–water partition coefficient (Wildman–Crippen LogP) is 3.45. The number of hydrogen-bond donors (Lipinski definition) is 1. The quantitative estimate of drug-likeness (QED) is 0.405. The van der Waals surface area contributed by atoms with Gasteiger partial charge in [-0.25, -0.2) is 9.78 Å². The molecule has 2 aromatic carbocycles. The van der Waals surface area contributed by atoms with E-state index >= 15 is 0 Å². The molecule has 1 N–H and O–H groups in total. The van der Waals surface area contributed by atoms with E-state index in [1.165, 1.54) is 11.1 Å². The highest BCUT2D eigenvalue weighted by Crippen LogP contribution is 2.27. The molecule has 2 aliphatic rings. The van der Waals surface area contributed by atoms with Crippen LogP contribution in [0.4, 0.5) is 0 Å². The number of nitrogens with zero attached hydrogens (tertiary/aromatic N) is 5. The second-order valence-electron chi connectivity index (χ2n) is 9.32. The summed E-state index contributed by atoms with van der Waals surface area (Å²) in [6, 6.07) is 15.2. The third-order valence-corrected chi connectivity index (χ3v) is 6.90. The van der Waals surface area contributed by atoms with Gasteiger partial charge in [0.05, 0.1) is 35.8 Å². The van der Waals surface area contributed by atoms with Crippen molar-refractivity contribution in [2.45, 2.75) is 45.2 Å². The van der Waals surface area contributed by atoms with Gasteiger partial charge in [0.2, 0.25) is 0 Å². The maximum atomic E-state index is 11.6. The zero-order valence-corrected chi connectivity index (χ0v) is 19.8. The van der Waals surface area contributed by atoms with E-state index in [0.717, 1.165) is 60.8 Å². The molecule has 0 aliphatic carbocycles. The van der Waals surface area contributed by atoms with Crippen molar-refractivity contribution in [2.24, 2.45) is 0 Å². The smallest absolute Gasteiger partial charge is 0.335 e. The molecule has 4 heterocycles. The van der Waals surface area contributed by atoms with E-state index in [1.807, 2.05) is 18.2 Å². The van der Waals surface area contributed by atoms with Crippen molar-refractivity contribution in [3.05, 3.63) is 82.9 Å². The van der Waals surface area contributed by atoms with Gasteiger partial charge in [-0.3, -0.25) is 4.90 Å². The summed E-state index contributed by atoms with van der Waals surface area (Å²) >= 11 is 0. The van der Waals surface area contributed by atoms with E-state index < -0.39 is 5.97 Å². The molecule has 1 saturated heterocycles. The summed E-state index contributed by atoms with van der Waals surface area (Å²) in [6.45, 7) is 4.23. The van der Waals surface area contributed by atoms with Crippen molar-refractivity contribution in [1.29, 1.82) is 0 Å². The molecule has 0 bridgehead atoms. The van der Waals surface area contributed by atoms with Crippen molar-refractivity contribution >= 4 is 17.0 Å². The summed E-state index contributed by atoms with van der Waals surface area (Å²) in [5.74, 6) is 0.814. The number of hydrogen-bond acceptors (Lipinski definition) is 7. The van der Waals surface area contributed by atoms with Gasteiger partial charge in [-0.2, -0.15) is 10.2 Å². The molecule has 9 nitrogen and oxygen atoms in total. The van der Waals surface area contributed by atoms with Crippen LogP contribution in [0.25, 0.3) is 11.0 Å². The zero-order chi connectivity index (χ0) is 24.5. The Balaban J connectivity index is 1.21. The van der Waals surface area contributed by atoms with Gasteiger partial charge < -0.3 is 19.1 Å². The molecule has 184 valence electrons. The van der Waals surface area contributed by atoms with Gasteiger partial charge in [0.1, 0.15) is 23.9 Å². The molecule has 6 rings (SSSR count). The summed E-state index contributed by atoms with van der Waals surface area (Å²) in [5, 5.41) is 17.5. The summed E-state index contributed by atoms with van der Waals surface area (Å²) in [7, 11) is 0. The maximum absolute atomic E-state index is 11.6. The van der Waals surface area contributed by atoms with E-state index in [0.29, 0.717) is 19.7 Å². The number of rotatable bonds is 8. The van der Waals surface area contributed by atoms with E-state index in [9.17, 15) is 9.90 Å². The second kappa shape index (κ2) is 9.67. The number of aromatic carboxylic acids is 1. The SMILES string of the molecule is O=C(O)c1ccc2nc(CN3CCc4ccc(OCc5cccnn5)cc4C3)n(C[C@@H]3CCO3)c2c1. The van der Waals surface area contributed by atoms with Gasteiger partial charge in [0.25, 0.3) is 0 Å². The largest absolute Gasteiger partial charge is 0.487 e. The van der Waals surface area contributed by atoms with Gasteiger partial charge in [-0.1, -0.05) is 6.07 Å². The fraction of sp³-hybridized carbons (Fsp3) is 0.333. The fourth-order valence-electron chi connectivity index (χ4n) is 4.85. The number of fused-ring (bicyclic) bond motifs is 2. The standard InChI is InChI=1S/C27H27N5O4/c33-27(34)19-4-6-24-25(13-19)32(15-23-8-11-35-23)26(29-24)16-31-10-7-18-3-5-22(12-20(18)14-31)36-17-21-2-1-9-28-30-21/h1-6,9,12-13,23H,7-8,10-11,14-17H2,(H,33,34)/t23-/m0/s1. The topological polar surface area (TPSA) is 103 Å². The lowest BCUT2D eigenvalue weighted by Gasteiger charge is -2.30. The predicted molar refractivity (Wildman–Crippen MR) is 132 cm³/mol. The Hall–Kier alpha value is -3.82.